The third-order valence-electron chi connectivity index (χ3n) is 11.5. The number of carbonyl (C=O) groups excluding carboxylic acids is 8. The standard InChI is InChI=1S/C46H80N10O15/c1-22(2)19-30(41(65)50-29(15-16-33(58)59)40(64)55-36(25(7)8)46(70)71)52-44(68)35(24(5)6)54-39(63)28(13-10-11-17-47)49-43(67)32(21-34(60)61)51-42(66)31(20-23(3)4)53-45(69)37(26(9)57)56-38(62)27-14-12-18-48-27/h22-32,35-37,48,57H,10-21,47H2,1-9H3,(H,49,67)(H,50,65)(H,51,66)(H,52,68)(H,53,69)(H,54,63)(H,55,64)(H,56,62)(H,58,59)(H,60,61)(H,70,71)/t26-,27+,28+,29+,30+,31+,32+,35+,36+,37+/m1/s1. The second-order valence-electron chi connectivity index (χ2n) is 19.6. The summed E-state index contributed by atoms with van der Waals surface area (Å²) in [5, 5.41) is 62.0. The Morgan fingerprint density at radius 3 is 1.37 bits per heavy atom. The Labute approximate surface area is 414 Å². The molecule has 0 aliphatic carbocycles. The van der Waals surface area contributed by atoms with Crippen LogP contribution in [-0.4, -0.2) is 159 Å². The lowest BCUT2D eigenvalue weighted by Gasteiger charge is -2.29. The molecule has 0 saturated carbocycles. The highest BCUT2D eigenvalue weighted by atomic mass is 16.4. The van der Waals surface area contributed by atoms with Gasteiger partial charge in [-0.25, -0.2) is 4.79 Å². The van der Waals surface area contributed by atoms with Crippen LogP contribution in [0.2, 0.25) is 0 Å². The third kappa shape index (κ3) is 23.2. The molecule has 25 nitrogen and oxygen atoms in total. The fourth-order valence-electron chi connectivity index (χ4n) is 7.55. The Morgan fingerprint density at radius 1 is 0.521 bits per heavy atom. The van der Waals surface area contributed by atoms with E-state index in [1.807, 2.05) is 0 Å². The molecule has 1 saturated heterocycles. The van der Waals surface area contributed by atoms with Crippen LogP contribution in [0.5, 0.6) is 0 Å². The van der Waals surface area contributed by atoms with E-state index in [0.717, 1.165) is 6.42 Å². The smallest absolute Gasteiger partial charge is 0.326 e. The minimum Gasteiger partial charge on any atom is -0.481 e. The lowest BCUT2D eigenvalue weighted by molar-refractivity contribution is -0.144. The summed E-state index contributed by atoms with van der Waals surface area (Å²) in [5.74, 6) is -13.0. The highest BCUT2D eigenvalue weighted by molar-refractivity contribution is 5.99. The van der Waals surface area contributed by atoms with Gasteiger partial charge in [0, 0.05) is 6.42 Å². The summed E-state index contributed by atoms with van der Waals surface area (Å²) in [7, 11) is 0. The van der Waals surface area contributed by atoms with Crippen molar-refractivity contribution in [2.45, 2.75) is 187 Å². The average molecular weight is 1010 g/mol. The minimum atomic E-state index is -1.81. The topological polar surface area (TPSA) is 403 Å². The maximum Gasteiger partial charge on any atom is 0.326 e. The van der Waals surface area contributed by atoms with Gasteiger partial charge >= 0.3 is 17.9 Å². The van der Waals surface area contributed by atoms with E-state index >= 15 is 0 Å². The van der Waals surface area contributed by atoms with Crippen LogP contribution in [0.25, 0.3) is 0 Å². The van der Waals surface area contributed by atoms with Crippen LogP contribution >= 0.6 is 0 Å². The van der Waals surface area contributed by atoms with E-state index in [9.17, 15) is 73.2 Å². The normalized spacial score (nSPS) is 17.3. The SMILES string of the molecule is CC(C)C[C@H](NC(=O)[C@@H](NC(=O)[C@H](CCCCN)NC(=O)[C@H](CC(=O)O)NC(=O)[C@H](CC(C)C)NC(=O)[C@@H](NC(=O)[C@@H]1CCCN1)[C@@H](C)O)C(C)C)C(=O)N[C@@H](CCC(=O)O)C(=O)N[C@H](C(=O)O)C(C)C. The summed E-state index contributed by atoms with van der Waals surface area (Å²) >= 11 is 0. The van der Waals surface area contributed by atoms with Gasteiger partial charge in [0.1, 0.15) is 48.3 Å². The van der Waals surface area contributed by atoms with Gasteiger partial charge in [0.25, 0.3) is 0 Å². The fourth-order valence-corrected chi connectivity index (χ4v) is 7.55. The summed E-state index contributed by atoms with van der Waals surface area (Å²) < 4.78 is 0. The highest BCUT2D eigenvalue weighted by Crippen LogP contribution is 2.14. The summed E-state index contributed by atoms with van der Waals surface area (Å²) in [6.45, 7) is 15.3. The number of rotatable bonds is 33. The Morgan fingerprint density at radius 2 is 0.958 bits per heavy atom. The molecular weight excluding hydrogens is 933 g/mol. The first kappa shape index (κ1) is 63.1. The van der Waals surface area contributed by atoms with E-state index in [4.69, 9.17) is 5.73 Å². The van der Waals surface area contributed by atoms with Gasteiger partial charge in [-0.2, -0.15) is 0 Å². The zero-order valence-electron chi connectivity index (χ0n) is 42.4. The van der Waals surface area contributed by atoms with Crippen LogP contribution in [-0.2, 0) is 52.7 Å². The number of nitrogens with two attached hydrogens (primary N) is 1. The van der Waals surface area contributed by atoms with Crippen LogP contribution in [0, 0.1) is 23.7 Å². The van der Waals surface area contributed by atoms with Gasteiger partial charge in [0.2, 0.25) is 47.3 Å². The predicted octanol–water partition coefficient (Wildman–Crippen LogP) is -2.05. The number of aliphatic carboxylic acids is 3. The molecule has 1 rings (SSSR count). The van der Waals surface area contributed by atoms with Gasteiger partial charge in [-0.3, -0.25) is 47.9 Å². The first-order valence-electron chi connectivity index (χ1n) is 24.3. The number of aliphatic hydroxyl groups excluding tert-OH is 1. The summed E-state index contributed by atoms with van der Waals surface area (Å²) in [4.78, 5) is 144. The molecule has 0 bridgehead atoms. The summed E-state index contributed by atoms with van der Waals surface area (Å²) in [5.41, 5.74) is 5.70. The number of amides is 8. The Kier molecular flexibility index (Phi) is 27.9. The molecule has 0 aromatic rings. The number of carbonyl (C=O) groups is 11. The molecule has 10 atom stereocenters. The van der Waals surface area contributed by atoms with Crippen molar-refractivity contribution in [3.05, 3.63) is 0 Å². The van der Waals surface area contributed by atoms with Crippen molar-refractivity contribution < 1.29 is 73.2 Å². The van der Waals surface area contributed by atoms with Crippen molar-refractivity contribution in [3.8, 4) is 0 Å². The molecule has 404 valence electrons. The molecule has 71 heavy (non-hydrogen) atoms. The van der Waals surface area contributed by atoms with Crippen molar-refractivity contribution >= 4 is 65.2 Å². The number of hydrogen-bond acceptors (Lipinski definition) is 14. The van der Waals surface area contributed by atoms with Crippen LogP contribution in [0.15, 0.2) is 0 Å². The number of aliphatic hydroxyl groups is 1. The molecule has 0 radical (unpaired) electrons. The number of nitrogens with one attached hydrogen (secondary N) is 9. The van der Waals surface area contributed by atoms with Crippen molar-refractivity contribution in [2.75, 3.05) is 13.1 Å². The maximum absolute atomic E-state index is 14.1. The average Bonchev–Trinajstić information content (AvgIpc) is 3.81. The van der Waals surface area contributed by atoms with Gasteiger partial charge in [0.15, 0.2) is 0 Å². The first-order chi connectivity index (χ1) is 33.1. The van der Waals surface area contributed by atoms with Gasteiger partial charge < -0.3 is 74.0 Å². The maximum atomic E-state index is 14.1. The lowest BCUT2D eigenvalue weighted by Crippen LogP contribution is -2.62. The molecule has 8 amide bonds. The summed E-state index contributed by atoms with van der Waals surface area (Å²) in [6.07, 6.45) is -1.54. The van der Waals surface area contributed by atoms with E-state index in [2.05, 4.69) is 47.9 Å². The largest absolute Gasteiger partial charge is 0.481 e. The molecule has 0 unspecified atom stereocenters. The second-order valence-corrected chi connectivity index (χ2v) is 19.6. The lowest BCUT2D eigenvalue weighted by atomic mass is 9.98. The van der Waals surface area contributed by atoms with Crippen LogP contribution in [0.3, 0.4) is 0 Å². The Balaban J connectivity index is 3.42. The van der Waals surface area contributed by atoms with Crippen LogP contribution < -0.4 is 53.6 Å². The quantitative estimate of drug-likeness (QED) is 0.0315. The van der Waals surface area contributed by atoms with E-state index in [-0.39, 0.29) is 44.1 Å². The minimum absolute atomic E-state index is 0.000646. The zero-order chi connectivity index (χ0) is 54.3. The van der Waals surface area contributed by atoms with E-state index in [1.54, 1.807) is 55.4 Å². The monoisotopic (exact) mass is 1010 g/mol. The number of carboxylic acids is 3. The number of carboxylic acid groups (broad SMARTS) is 3. The van der Waals surface area contributed by atoms with Gasteiger partial charge in [0.05, 0.1) is 18.6 Å². The fraction of sp³-hybridized carbons (Fsp3) is 0.761. The van der Waals surface area contributed by atoms with E-state index in [1.165, 1.54) is 6.92 Å². The predicted molar refractivity (Wildman–Crippen MR) is 256 cm³/mol. The van der Waals surface area contributed by atoms with Crippen molar-refractivity contribution in [3.63, 3.8) is 0 Å². The van der Waals surface area contributed by atoms with E-state index in [0.29, 0.717) is 19.4 Å². The van der Waals surface area contributed by atoms with Gasteiger partial charge in [-0.05, 0) is 95.1 Å². The Hall–Kier alpha value is -5.95. The van der Waals surface area contributed by atoms with Gasteiger partial charge in [-0.1, -0.05) is 55.4 Å². The zero-order valence-corrected chi connectivity index (χ0v) is 42.4. The van der Waals surface area contributed by atoms with Gasteiger partial charge in [-0.15, -0.1) is 0 Å². The van der Waals surface area contributed by atoms with Crippen molar-refractivity contribution in [2.24, 2.45) is 29.4 Å². The molecule has 1 heterocycles. The van der Waals surface area contributed by atoms with Crippen LogP contribution in [0.4, 0.5) is 0 Å². The highest BCUT2D eigenvalue weighted by Gasteiger charge is 2.37. The molecule has 0 spiro atoms. The molecule has 1 fully saturated rings. The molecular formula is C46H80N10O15. The molecule has 0 aromatic heterocycles. The third-order valence-corrected chi connectivity index (χ3v) is 11.5. The molecule has 25 heteroatoms. The van der Waals surface area contributed by atoms with Crippen LogP contribution in [0.1, 0.15) is 127 Å². The number of unbranched alkanes of at least 4 members (excludes halogenated alkanes) is 1. The molecule has 1 aliphatic rings. The molecule has 15 N–H and O–H groups in total. The molecule has 0 aromatic carbocycles. The second kappa shape index (κ2) is 31.4. The first-order valence-corrected chi connectivity index (χ1v) is 24.3. The summed E-state index contributed by atoms with van der Waals surface area (Å²) in [6, 6.07) is -12.3. The number of hydrogen-bond donors (Lipinski definition) is 14. The van der Waals surface area contributed by atoms with Crippen molar-refractivity contribution in [1.82, 2.24) is 47.9 Å². The van der Waals surface area contributed by atoms with Crippen molar-refractivity contribution in [1.29, 1.82) is 0 Å². The molecule has 1 aliphatic heterocycles. The Bertz CT molecular complexity index is 1840. The van der Waals surface area contributed by atoms with E-state index < -0.39 is 157 Å².